The number of anilines is 2. The first kappa shape index (κ1) is 16.1. The summed E-state index contributed by atoms with van der Waals surface area (Å²) in [6.07, 6.45) is 0. The summed E-state index contributed by atoms with van der Waals surface area (Å²) in [7, 11) is 1.25. The summed E-state index contributed by atoms with van der Waals surface area (Å²) in [5, 5.41) is 5.34. The Kier molecular flexibility index (Phi) is 5.66. The van der Waals surface area contributed by atoms with Crippen molar-refractivity contribution in [1.29, 1.82) is 0 Å². The van der Waals surface area contributed by atoms with Gasteiger partial charge in [-0.25, -0.2) is 18.6 Å². The van der Waals surface area contributed by atoms with Crippen LogP contribution in [0.5, 0.6) is 0 Å². The second kappa shape index (κ2) is 7.02. The number of methoxy groups -OCH3 is 1. The largest absolute Gasteiger partial charge is 0.467 e. The molecule has 0 saturated carbocycles. The van der Waals surface area contributed by atoms with Crippen LogP contribution in [-0.4, -0.2) is 30.6 Å². The van der Waals surface area contributed by atoms with E-state index in [1.165, 1.54) is 7.11 Å². The molecule has 5 nitrogen and oxygen atoms in total. The number of carbonyl (C=O) groups excluding carboxylic acids is 1. The number of pyridine rings is 1. The number of ether oxygens (including phenoxy) is 1. The van der Waals surface area contributed by atoms with Crippen LogP contribution < -0.4 is 10.6 Å². The van der Waals surface area contributed by atoms with Crippen LogP contribution in [0.15, 0.2) is 6.07 Å². The molecule has 0 aliphatic carbocycles. The van der Waals surface area contributed by atoms with Crippen LogP contribution >= 0.6 is 0 Å². The first-order chi connectivity index (χ1) is 9.40. The average molecular weight is 287 g/mol. The highest BCUT2D eigenvalue weighted by atomic mass is 19.1. The standard InChI is InChI=1S/C13H19F2N3O2/c1-5-16-11-8(14)6-9(15)12(18-11)17-10(7(2)3)13(19)20-4/h6-7,10H,5H2,1-4H3,(H2,16,17,18). The Bertz CT molecular complexity index is 481. The third-order valence-electron chi connectivity index (χ3n) is 2.69. The molecule has 0 saturated heterocycles. The molecule has 0 aliphatic rings. The van der Waals surface area contributed by atoms with E-state index in [0.717, 1.165) is 6.07 Å². The molecule has 1 aromatic rings. The Morgan fingerprint density at radius 2 is 1.95 bits per heavy atom. The van der Waals surface area contributed by atoms with E-state index in [-0.39, 0.29) is 17.6 Å². The van der Waals surface area contributed by atoms with Crippen molar-refractivity contribution >= 4 is 17.6 Å². The topological polar surface area (TPSA) is 63.2 Å². The van der Waals surface area contributed by atoms with Gasteiger partial charge in [-0.2, -0.15) is 0 Å². The molecule has 1 rings (SSSR count). The normalized spacial score (nSPS) is 12.2. The smallest absolute Gasteiger partial charge is 0.328 e. The Hall–Kier alpha value is -1.92. The van der Waals surface area contributed by atoms with Gasteiger partial charge in [0.05, 0.1) is 7.11 Å². The Labute approximate surface area is 116 Å². The molecule has 0 aliphatic heterocycles. The molecule has 2 N–H and O–H groups in total. The monoisotopic (exact) mass is 287 g/mol. The van der Waals surface area contributed by atoms with Crippen molar-refractivity contribution in [2.24, 2.45) is 5.92 Å². The zero-order valence-corrected chi connectivity index (χ0v) is 12.0. The molecule has 0 radical (unpaired) electrons. The number of rotatable bonds is 6. The van der Waals surface area contributed by atoms with Gasteiger partial charge in [-0.15, -0.1) is 0 Å². The summed E-state index contributed by atoms with van der Waals surface area (Å²) in [4.78, 5) is 15.4. The average Bonchev–Trinajstić information content (AvgIpc) is 2.39. The molecule has 20 heavy (non-hydrogen) atoms. The summed E-state index contributed by atoms with van der Waals surface area (Å²) < 4.78 is 31.8. The summed E-state index contributed by atoms with van der Waals surface area (Å²) in [5.41, 5.74) is 0. The van der Waals surface area contributed by atoms with Gasteiger partial charge in [-0.05, 0) is 12.8 Å². The van der Waals surface area contributed by atoms with Gasteiger partial charge in [-0.1, -0.05) is 13.8 Å². The maximum atomic E-state index is 13.7. The summed E-state index contributed by atoms with van der Waals surface area (Å²) in [6.45, 7) is 5.77. The lowest BCUT2D eigenvalue weighted by atomic mass is 10.0. The van der Waals surface area contributed by atoms with E-state index < -0.39 is 23.6 Å². The van der Waals surface area contributed by atoms with E-state index >= 15 is 0 Å². The van der Waals surface area contributed by atoms with Crippen molar-refractivity contribution in [2.45, 2.75) is 26.8 Å². The van der Waals surface area contributed by atoms with E-state index in [0.29, 0.717) is 6.54 Å². The SMILES string of the molecule is CCNc1nc(NC(C(=O)OC)C(C)C)c(F)cc1F. The highest BCUT2D eigenvalue weighted by Gasteiger charge is 2.25. The molecule has 1 unspecified atom stereocenters. The molecule has 0 aromatic carbocycles. The lowest BCUT2D eigenvalue weighted by Gasteiger charge is -2.21. The number of carbonyl (C=O) groups is 1. The van der Waals surface area contributed by atoms with E-state index in [9.17, 15) is 13.6 Å². The van der Waals surface area contributed by atoms with Crippen molar-refractivity contribution in [1.82, 2.24) is 4.98 Å². The van der Waals surface area contributed by atoms with E-state index in [4.69, 9.17) is 0 Å². The van der Waals surface area contributed by atoms with E-state index in [1.54, 1.807) is 20.8 Å². The lowest BCUT2D eigenvalue weighted by Crippen LogP contribution is -2.36. The minimum Gasteiger partial charge on any atom is -0.467 e. The highest BCUT2D eigenvalue weighted by Crippen LogP contribution is 2.21. The van der Waals surface area contributed by atoms with Gasteiger partial charge >= 0.3 is 5.97 Å². The van der Waals surface area contributed by atoms with Gasteiger partial charge in [0.1, 0.15) is 6.04 Å². The molecule has 1 aromatic heterocycles. The van der Waals surface area contributed by atoms with Crippen molar-refractivity contribution in [2.75, 3.05) is 24.3 Å². The number of aromatic nitrogens is 1. The van der Waals surface area contributed by atoms with Gasteiger partial charge < -0.3 is 15.4 Å². The fourth-order valence-electron chi connectivity index (χ4n) is 1.63. The third kappa shape index (κ3) is 3.79. The zero-order valence-electron chi connectivity index (χ0n) is 12.0. The molecule has 0 fully saturated rings. The van der Waals surface area contributed by atoms with Crippen LogP contribution in [0.25, 0.3) is 0 Å². The predicted octanol–water partition coefficient (Wildman–Crippen LogP) is 2.40. The molecule has 0 bridgehead atoms. The number of hydrogen-bond donors (Lipinski definition) is 2. The molecule has 0 amide bonds. The molecule has 112 valence electrons. The van der Waals surface area contributed by atoms with Crippen LogP contribution in [-0.2, 0) is 9.53 Å². The Morgan fingerprint density at radius 3 is 2.45 bits per heavy atom. The Balaban J connectivity index is 3.06. The maximum Gasteiger partial charge on any atom is 0.328 e. The zero-order chi connectivity index (χ0) is 15.3. The molecule has 1 heterocycles. The Morgan fingerprint density at radius 1 is 1.35 bits per heavy atom. The second-order valence-corrected chi connectivity index (χ2v) is 4.57. The van der Waals surface area contributed by atoms with Crippen LogP contribution in [0.4, 0.5) is 20.4 Å². The number of hydrogen-bond acceptors (Lipinski definition) is 5. The second-order valence-electron chi connectivity index (χ2n) is 4.57. The summed E-state index contributed by atoms with van der Waals surface area (Å²) in [5.74, 6) is -2.57. The molecular formula is C13H19F2N3O2. The van der Waals surface area contributed by atoms with Crippen molar-refractivity contribution < 1.29 is 18.3 Å². The van der Waals surface area contributed by atoms with Crippen molar-refractivity contribution in [3.63, 3.8) is 0 Å². The minimum atomic E-state index is -0.862. The van der Waals surface area contributed by atoms with Gasteiger partial charge in [0.15, 0.2) is 23.3 Å². The van der Waals surface area contributed by atoms with E-state index in [2.05, 4.69) is 20.4 Å². The highest BCUT2D eigenvalue weighted by molar-refractivity contribution is 5.79. The third-order valence-corrected chi connectivity index (χ3v) is 2.69. The lowest BCUT2D eigenvalue weighted by molar-refractivity contribution is -0.142. The summed E-state index contributed by atoms with van der Waals surface area (Å²) in [6, 6.07) is -0.0379. The number of nitrogens with one attached hydrogen (secondary N) is 2. The molecular weight excluding hydrogens is 268 g/mol. The van der Waals surface area contributed by atoms with Crippen molar-refractivity contribution in [3.05, 3.63) is 17.7 Å². The van der Waals surface area contributed by atoms with Gasteiger partial charge in [-0.3, -0.25) is 0 Å². The molecule has 1 atom stereocenters. The number of nitrogens with zero attached hydrogens (tertiary/aromatic N) is 1. The molecule has 7 heteroatoms. The predicted molar refractivity (Wildman–Crippen MR) is 72.6 cm³/mol. The number of esters is 1. The van der Waals surface area contributed by atoms with Gasteiger partial charge in [0.25, 0.3) is 0 Å². The molecule has 0 spiro atoms. The van der Waals surface area contributed by atoms with Crippen LogP contribution in [0.2, 0.25) is 0 Å². The summed E-state index contributed by atoms with van der Waals surface area (Å²) >= 11 is 0. The fourth-order valence-corrected chi connectivity index (χ4v) is 1.63. The minimum absolute atomic E-state index is 0.0660. The number of halogens is 2. The first-order valence-electron chi connectivity index (χ1n) is 6.35. The van der Waals surface area contributed by atoms with E-state index in [1.807, 2.05) is 0 Å². The first-order valence-corrected chi connectivity index (χ1v) is 6.35. The fraction of sp³-hybridized carbons (Fsp3) is 0.538. The van der Waals surface area contributed by atoms with Crippen LogP contribution in [0, 0.1) is 17.6 Å². The van der Waals surface area contributed by atoms with Crippen molar-refractivity contribution in [3.8, 4) is 0 Å². The van der Waals surface area contributed by atoms with Crippen LogP contribution in [0.3, 0.4) is 0 Å². The quantitative estimate of drug-likeness (QED) is 0.787. The maximum absolute atomic E-state index is 13.7. The van der Waals surface area contributed by atoms with Crippen LogP contribution in [0.1, 0.15) is 20.8 Å². The van der Waals surface area contributed by atoms with Gasteiger partial charge in [0, 0.05) is 12.6 Å². The van der Waals surface area contributed by atoms with Gasteiger partial charge in [0.2, 0.25) is 0 Å².